The predicted molar refractivity (Wildman–Crippen MR) is 195 cm³/mol. The lowest BCUT2D eigenvalue weighted by atomic mass is 9.84. The first-order valence-electron chi connectivity index (χ1n) is 16.4. The van der Waals surface area contributed by atoms with Gasteiger partial charge < -0.3 is 14.5 Å². The summed E-state index contributed by atoms with van der Waals surface area (Å²) >= 11 is 19.0. The summed E-state index contributed by atoms with van der Waals surface area (Å²) < 4.78 is 8.17. The van der Waals surface area contributed by atoms with Crippen LogP contribution in [0.2, 0.25) is 15.1 Å². The van der Waals surface area contributed by atoms with E-state index >= 15 is 0 Å². The van der Waals surface area contributed by atoms with Crippen LogP contribution in [0, 0.1) is 12.8 Å². The number of esters is 1. The Morgan fingerprint density at radius 2 is 1.67 bits per heavy atom. The second-order valence-electron chi connectivity index (χ2n) is 12.6. The lowest BCUT2D eigenvalue weighted by Gasteiger charge is -2.33. The minimum absolute atomic E-state index is 0.00832. The number of aryl methyl sites for hydroxylation is 1. The van der Waals surface area contributed by atoms with Crippen molar-refractivity contribution in [1.29, 1.82) is 0 Å². The van der Waals surface area contributed by atoms with Gasteiger partial charge in [0.2, 0.25) is 0 Å². The number of rotatable bonds is 13. The van der Waals surface area contributed by atoms with Crippen LogP contribution in [0.1, 0.15) is 66.1 Å². The Bertz CT molecular complexity index is 1890. The normalized spacial score (nSPS) is 15.7. The Morgan fingerprint density at radius 1 is 0.959 bits per heavy atom. The lowest BCUT2D eigenvalue weighted by molar-refractivity contribution is -0.141. The van der Waals surface area contributed by atoms with E-state index in [1.54, 1.807) is 12.1 Å². The Hall–Kier alpha value is -3.63. The monoisotopic (exact) mass is 726 g/mol. The molecule has 9 nitrogen and oxygen atoms in total. The van der Waals surface area contributed by atoms with Crippen LogP contribution in [-0.4, -0.2) is 65.4 Å². The second-order valence-corrected chi connectivity index (χ2v) is 13.9. The zero-order valence-electron chi connectivity index (χ0n) is 28.1. The maximum absolute atomic E-state index is 13.6. The molecule has 3 aromatic carbocycles. The molecule has 4 aromatic rings. The van der Waals surface area contributed by atoms with Crippen LogP contribution in [0.5, 0.6) is 0 Å². The molecule has 1 saturated heterocycles. The zero-order chi connectivity index (χ0) is 35.2. The molecule has 1 fully saturated rings. The van der Waals surface area contributed by atoms with Crippen molar-refractivity contribution in [3.8, 4) is 0 Å². The Morgan fingerprint density at radius 3 is 2.33 bits per heavy atom. The summed E-state index contributed by atoms with van der Waals surface area (Å²) in [7, 11) is 2.83. The Balaban J connectivity index is 1.33. The molecule has 2 heterocycles. The molecule has 49 heavy (non-hydrogen) atoms. The number of carbonyl (C=O) groups is 2. The highest BCUT2D eigenvalue weighted by atomic mass is 35.5. The highest BCUT2D eigenvalue weighted by Gasteiger charge is 2.29. The molecular formula is C37H41Cl3N4O5. The number of ketones is 1. The number of likely N-dealkylation sites (tertiary alicyclic amines) is 1. The smallest absolute Gasteiger partial charge is 0.329 e. The maximum Gasteiger partial charge on any atom is 0.329 e. The summed E-state index contributed by atoms with van der Waals surface area (Å²) in [5, 5.41) is 5.88. The topological polar surface area (TPSA) is 95.1 Å². The van der Waals surface area contributed by atoms with Gasteiger partial charge in [0.15, 0.2) is 5.78 Å². The number of benzene rings is 3. The molecule has 0 saturated carbocycles. The molecule has 0 spiro atoms. The van der Waals surface area contributed by atoms with E-state index in [1.165, 1.54) is 18.8 Å². The number of piperidine rings is 1. The van der Waals surface area contributed by atoms with E-state index in [1.807, 2.05) is 66.9 Å². The first kappa shape index (κ1) is 36.6. The predicted octanol–water partition coefficient (Wildman–Crippen LogP) is 7.97. The molecule has 0 bridgehead atoms. The molecular weight excluding hydrogens is 687 g/mol. The number of methoxy groups -OCH3 is 1. The number of hydrogen-bond donors (Lipinski definition) is 0. The number of Topliss-reactive ketones (excluding diaryl/α,β-unsaturated/α-hetero) is 1. The van der Waals surface area contributed by atoms with Crippen LogP contribution in [0.4, 0.5) is 0 Å². The third-order valence-electron chi connectivity index (χ3n) is 9.29. The van der Waals surface area contributed by atoms with Crippen molar-refractivity contribution < 1.29 is 19.2 Å². The molecule has 1 aromatic heterocycles. The van der Waals surface area contributed by atoms with Crippen LogP contribution in [0.3, 0.4) is 0 Å². The highest BCUT2D eigenvalue weighted by molar-refractivity contribution is 6.42. The average Bonchev–Trinajstić information content (AvgIpc) is 3.36. The van der Waals surface area contributed by atoms with Gasteiger partial charge in [-0.05, 0) is 92.7 Å². The summed E-state index contributed by atoms with van der Waals surface area (Å²) in [6.07, 6.45) is 2.62. The van der Waals surface area contributed by atoms with Gasteiger partial charge in [-0.3, -0.25) is 18.7 Å². The number of imidazole rings is 1. The second kappa shape index (κ2) is 16.4. The third-order valence-corrected chi connectivity index (χ3v) is 10.2. The molecule has 12 heteroatoms. The Labute approximate surface area is 301 Å². The van der Waals surface area contributed by atoms with Gasteiger partial charge in [0, 0.05) is 41.6 Å². The molecule has 2 unspecified atom stereocenters. The molecule has 0 aliphatic carbocycles. The van der Waals surface area contributed by atoms with Crippen LogP contribution in [0.25, 0.3) is 11.0 Å². The van der Waals surface area contributed by atoms with Crippen LogP contribution >= 0.6 is 34.8 Å². The summed E-state index contributed by atoms with van der Waals surface area (Å²) in [6, 6.07) is 18.5. The van der Waals surface area contributed by atoms with Crippen LogP contribution in [0.15, 0.2) is 70.6 Å². The van der Waals surface area contributed by atoms with Crippen molar-refractivity contribution >= 4 is 63.3 Å². The van der Waals surface area contributed by atoms with E-state index in [0.29, 0.717) is 39.0 Å². The average molecular weight is 728 g/mol. The van der Waals surface area contributed by atoms with Gasteiger partial charge in [0.05, 0.1) is 33.9 Å². The number of para-hydroxylation sites is 2. The largest absolute Gasteiger partial charge is 0.468 e. The molecule has 0 radical (unpaired) electrons. The van der Waals surface area contributed by atoms with Gasteiger partial charge >= 0.3 is 11.7 Å². The number of fused-ring (bicyclic) bond motifs is 1. The lowest BCUT2D eigenvalue weighted by Crippen LogP contribution is -2.39. The van der Waals surface area contributed by atoms with Crippen molar-refractivity contribution in [2.24, 2.45) is 11.1 Å². The molecule has 1 aliphatic heterocycles. The number of aromatic nitrogens is 2. The number of hydrogen-bond acceptors (Lipinski definition) is 7. The fraction of sp³-hybridized carbons (Fsp3) is 0.405. The van der Waals surface area contributed by atoms with E-state index in [4.69, 9.17) is 44.4 Å². The standard InChI is InChI=1S/C37H41Cl3N4O5/c1-23-17-26(20-27(38)18-23)36(46)24(2)19-32(41-49-4)29(25-9-10-30(39)31(40)21-25)13-16-42-14-11-28(12-15-42)44-34-8-6-5-7-33(34)43(37(44)47)22-35(45)48-3/h5-10,17-18,20-21,24,28-29H,11-16,19,22H2,1-4H3/b41-32-. The van der Waals surface area contributed by atoms with Crippen molar-refractivity contribution in [3.63, 3.8) is 0 Å². The molecule has 0 amide bonds. The summed E-state index contributed by atoms with van der Waals surface area (Å²) in [5.41, 5.74) is 4.48. The number of halogens is 3. The van der Waals surface area contributed by atoms with Crippen molar-refractivity contribution in [3.05, 3.63) is 103 Å². The summed E-state index contributed by atoms with van der Waals surface area (Å²) in [5.74, 6) is -1.06. The van der Waals surface area contributed by atoms with Gasteiger partial charge in [0.25, 0.3) is 0 Å². The fourth-order valence-electron chi connectivity index (χ4n) is 6.83. The van der Waals surface area contributed by atoms with Crippen molar-refractivity contribution in [1.82, 2.24) is 14.0 Å². The van der Waals surface area contributed by atoms with Gasteiger partial charge in [0.1, 0.15) is 13.7 Å². The van der Waals surface area contributed by atoms with E-state index in [-0.39, 0.29) is 35.9 Å². The van der Waals surface area contributed by atoms with Gasteiger partial charge in [-0.2, -0.15) is 0 Å². The molecule has 0 N–H and O–H groups in total. The molecule has 260 valence electrons. The van der Waals surface area contributed by atoms with Crippen LogP contribution < -0.4 is 5.69 Å². The van der Waals surface area contributed by atoms with Crippen LogP contribution in [-0.2, 0) is 20.9 Å². The first-order chi connectivity index (χ1) is 23.5. The fourth-order valence-corrected chi connectivity index (χ4v) is 7.43. The van der Waals surface area contributed by atoms with E-state index in [9.17, 15) is 14.4 Å². The first-order valence-corrected chi connectivity index (χ1v) is 17.5. The zero-order valence-corrected chi connectivity index (χ0v) is 30.4. The molecule has 2 atom stereocenters. The highest BCUT2D eigenvalue weighted by Crippen LogP contribution is 2.33. The van der Waals surface area contributed by atoms with Gasteiger partial charge in [-0.15, -0.1) is 0 Å². The van der Waals surface area contributed by atoms with Crippen molar-refractivity contribution in [2.75, 3.05) is 33.9 Å². The Kier molecular flexibility index (Phi) is 12.3. The molecule has 5 rings (SSSR count). The molecule has 1 aliphatic rings. The number of oxime groups is 1. The van der Waals surface area contributed by atoms with Gasteiger partial charge in [-0.25, -0.2) is 4.79 Å². The van der Waals surface area contributed by atoms with E-state index in [0.717, 1.165) is 54.8 Å². The maximum atomic E-state index is 13.6. The number of nitrogens with zero attached hydrogens (tertiary/aromatic N) is 4. The number of ether oxygens (including phenoxy) is 1. The minimum Gasteiger partial charge on any atom is -0.468 e. The SMILES string of the molecule is CO/N=C(/CC(C)C(=O)c1cc(C)cc(Cl)c1)C(CCN1CCC(n2c(=O)n(CC(=O)OC)c3ccccc32)CC1)c1ccc(Cl)c(Cl)c1. The summed E-state index contributed by atoms with van der Waals surface area (Å²) in [6.45, 7) is 5.98. The third kappa shape index (κ3) is 8.58. The van der Waals surface area contributed by atoms with Gasteiger partial charge in [-0.1, -0.05) is 65.1 Å². The van der Waals surface area contributed by atoms with E-state index in [2.05, 4.69) is 10.1 Å². The quantitative estimate of drug-likeness (QED) is 0.0601. The van der Waals surface area contributed by atoms with E-state index < -0.39 is 5.97 Å². The summed E-state index contributed by atoms with van der Waals surface area (Å²) in [4.78, 5) is 46.9. The van der Waals surface area contributed by atoms with Crippen molar-refractivity contribution in [2.45, 2.75) is 58.0 Å². The minimum atomic E-state index is -0.467. The number of carbonyl (C=O) groups excluding carboxylic acids is 2.